The van der Waals surface area contributed by atoms with E-state index in [4.69, 9.17) is 5.11 Å². The van der Waals surface area contributed by atoms with Crippen LogP contribution >= 0.6 is 0 Å². The van der Waals surface area contributed by atoms with Gasteiger partial charge in [-0.1, -0.05) is 19.8 Å². The maximum atomic E-state index is 11.1. The minimum absolute atomic E-state index is 0.348. The maximum Gasteiger partial charge on any atom is 0.337 e. The number of carboxylic acids is 1. The molecule has 0 bridgehead atoms. The second-order valence-electron chi connectivity index (χ2n) is 5.16. The Hall–Kier alpha value is -1.38. The van der Waals surface area contributed by atoms with Gasteiger partial charge in [0, 0.05) is 6.20 Å². The summed E-state index contributed by atoms with van der Waals surface area (Å²) >= 11 is 0. The van der Waals surface area contributed by atoms with E-state index < -0.39 is 5.97 Å². The first-order valence-corrected chi connectivity index (χ1v) is 6.27. The van der Waals surface area contributed by atoms with E-state index in [2.05, 4.69) is 11.9 Å². The van der Waals surface area contributed by atoms with Crippen LogP contribution < -0.4 is 0 Å². The largest absolute Gasteiger partial charge is 0.478 e. The molecule has 0 saturated heterocycles. The van der Waals surface area contributed by atoms with Crippen molar-refractivity contribution < 1.29 is 9.90 Å². The van der Waals surface area contributed by atoms with Crippen LogP contribution in [0.25, 0.3) is 0 Å². The van der Waals surface area contributed by atoms with Gasteiger partial charge in [0.1, 0.15) is 0 Å². The molecule has 1 fully saturated rings. The average molecular weight is 233 g/mol. The van der Waals surface area contributed by atoms with E-state index in [0.29, 0.717) is 17.2 Å². The molecule has 0 aromatic carbocycles. The van der Waals surface area contributed by atoms with Crippen molar-refractivity contribution in [2.75, 3.05) is 0 Å². The van der Waals surface area contributed by atoms with Crippen LogP contribution in [-0.4, -0.2) is 16.1 Å². The molecule has 0 amide bonds. The Balaban J connectivity index is 2.21. The highest BCUT2D eigenvalue weighted by Gasteiger charge is 2.21. The normalized spacial score (nSPS) is 24.6. The standard InChI is InChI=1S/C14H19NO2/c1-9-3-5-11(6-4-9)12-7-13(14(16)17)10(2)15-8-12/h7-9,11H,3-6H2,1-2H3,(H,16,17). The number of pyridine rings is 1. The zero-order valence-electron chi connectivity index (χ0n) is 10.4. The van der Waals surface area contributed by atoms with E-state index in [1.165, 1.54) is 12.8 Å². The number of aromatic nitrogens is 1. The van der Waals surface area contributed by atoms with Gasteiger partial charge in [-0.3, -0.25) is 4.98 Å². The SMILES string of the molecule is Cc1ncc(C2CCC(C)CC2)cc1C(=O)O. The summed E-state index contributed by atoms with van der Waals surface area (Å²) in [6, 6.07) is 1.81. The summed E-state index contributed by atoms with van der Waals surface area (Å²) in [4.78, 5) is 15.3. The van der Waals surface area contributed by atoms with Crippen molar-refractivity contribution in [1.29, 1.82) is 0 Å². The van der Waals surface area contributed by atoms with E-state index in [-0.39, 0.29) is 0 Å². The third-order valence-electron chi connectivity index (χ3n) is 3.83. The molecule has 0 radical (unpaired) electrons. The fourth-order valence-corrected chi connectivity index (χ4v) is 2.58. The van der Waals surface area contributed by atoms with Crippen LogP contribution in [0.5, 0.6) is 0 Å². The molecule has 1 aromatic heterocycles. The van der Waals surface area contributed by atoms with E-state index in [0.717, 1.165) is 24.3 Å². The Labute approximate surface area is 102 Å². The van der Waals surface area contributed by atoms with Crippen molar-refractivity contribution in [3.63, 3.8) is 0 Å². The van der Waals surface area contributed by atoms with E-state index >= 15 is 0 Å². The van der Waals surface area contributed by atoms with Gasteiger partial charge in [0.25, 0.3) is 0 Å². The first-order valence-electron chi connectivity index (χ1n) is 6.27. The van der Waals surface area contributed by atoms with Gasteiger partial charge in [0.15, 0.2) is 0 Å². The van der Waals surface area contributed by atoms with Crippen molar-refractivity contribution in [2.24, 2.45) is 5.92 Å². The van der Waals surface area contributed by atoms with Crippen LogP contribution in [0, 0.1) is 12.8 Å². The highest BCUT2D eigenvalue weighted by molar-refractivity contribution is 5.88. The quantitative estimate of drug-likeness (QED) is 0.851. The molecule has 3 heteroatoms. The van der Waals surface area contributed by atoms with Gasteiger partial charge in [0.2, 0.25) is 0 Å². The lowest BCUT2D eigenvalue weighted by atomic mass is 9.79. The molecule has 1 aromatic rings. The van der Waals surface area contributed by atoms with Gasteiger partial charge >= 0.3 is 5.97 Å². The van der Waals surface area contributed by atoms with Gasteiger partial charge in [-0.15, -0.1) is 0 Å². The summed E-state index contributed by atoms with van der Waals surface area (Å²) in [6.45, 7) is 4.03. The third kappa shape index (κ3) is 2.65. The highest BCUT2D eigenvalue weighted by Crippen LogP contribution is 2.35. The number of carboxylic acid groups (broad SMARTS) is 1. The number of carbonyl (C=O) groups is 1. The first kappa shape index (κ1) is 12.1. The molecule has 1 N–H and O–H groups in total. The molecule has 3 nitrogen and oxygen atoms in total. The minimum Gasteiger partial charge on any atom is -0.478 e. The Morgan fingerprint density at radius 2 is 2.00 bits per heavy atom. The molecule has 0 spiro atoms. The number of hydrogen-bond donors (Lipinski definition) is 1. The lowest BCUT2D eigenvalue weighted by molar-refractivity contribution is 0.0695. The molecule has 1 heterocycles. The first-order chi connectivity index (χ1) is 8.08. The average Bonchev–Trinajstić information content (AvgIpc) is 2.30. The third-order valence-corrected chi connectivity index (χ3v) is 3.83. The van der Waals surface area contributed by atoms with Crippen LogP contribution in [0.1, 0.15) is 60.1 Å². The van der Waals surface area contributed by atoms with Crippen LogP contribution in [-0.2, 0) is 0 Å². The molecule has 17 heavy (non-hydrogen) atoms. The number of aryl methyl sites for hydroxylation is 1. The van der Waals surface area contributed by atoms with Gasteiger partial charge in [0.05, 0.1) is 11.3 Å². The number of nitrogens with zero attached hydrogens (tertiary/aromatic N) is 1. The lowest BCUT2D eigenvalue weighted by Gasteiger charge is -2.26. The molecular weight excluding hydrogens is 214 g/mol. The van der Waals surface area contributed by atoms with Crippen molar-refractivity contribution in [3.8, 4) is 0 Å². The maximum absolute atomic E-state index is 11.1. The predicted molar refractivity (Wildman–Crippen MR) is 66.3 cm³/mol. The zero-order chi connectivity index (χ0) is 12.4. The van der Waals surface area contributed by atoms with Crippen molar-refractivity contribution in [3.05, 3.63) is 29.1 Å². The van der Waals surface area contributed by atoms with Crippen LogP contribution in [0.2, 0.25) is 0 Å². The fraction of sp³-hybridized carbons (Fsp3) is 0.571. The highest BCUT2D eigenvalue weighted by atomic mass is 16.4. The van der Waals surface area contributed by atoms with E-state index in [9.17, 15) is 4.79 Å². The summed E-state index contributed by atoms with van der Waals surface area (Å²) in [5.41, 5.74) is 2.05. The molecule has 0 aliphatic heterocycles. The summed E-state index contributed by atoms with van der Waals surface area (Å²) in [5.74, 6) is 0.432. The smallest absolute Gasteiger partial charge is 0.337 e. The Bertz CT molecular complexity index is 420. The summed E-state index contributed by atoms with van der Waals surface area (Å²) in [6.07, 6.45) is 6.64. The van der Waals surface area contributed by atoms with E-state index in [1.54, 1.807) is 6.92 Å². The van der Waals surface area contributed by atoms with Crippen LogP contribution in [0.15, 0.2) is 12.3 Å². The Morgan fingerprint density at radius 3 is 2.59 bits per heavy atom. The monoisotopic (exact) mass is 233 g/mol. The molecule has 2 rings (SSSR count). The second kappa shape index (κ2) is 4.86. The topological polar surface area (TPSA) is 50.2 Å². The minimum atomic E-state index is -0.874. The molecule has 92 valence electrons. The molecule has 1 aliphatic carbocycles. The van der Waals surface area contributed by atoms with Gasteiger partial charge in [-0.25, -0.2) is 4.79 Å². The van der Waals surface area contributed by atoms with Crippen LogP contribution in [0.4, 0.5) is 0 Å². The van der Waals surface area contributed by atoms with Crippen molar-refractivity contribution >= 4 is 5.97 Å². The molecule has 0 atom stereocenters. The zero-order valence-corrected chi connectivity index (χ0v) is 10.4. The van der Waals surface area contributed by atoms with Gasteiger partial charge in [-0.2, -0.15) is 0 Å². The van der Waals surface area contributed by atoms with Crippen LogP contribution in [0.3, 0.4) is 0 Å². The summed E-state index contributed by atoms with van der Waals surface area (Å²) in [7, 11) is 0. The van der Waals surface area contributed by atoms with E-state index in [1.807, 2.05) is 12.3 Å². The summed E-state index contributed by atoms with van der Waals surface area (Å²) in [5, 5.41) is 9.09. The van der Waals surface area contributed by atoms with Gasteiger partial charge < -0.3 is 5.11 Å². The Kier molecular flexibility index (Phi) is 3.46. The summed E-state index contributed by atoms with van der Waals surface area (Å²) < 4.78 is 0. The lowest BCUT2D eigenvalue weighted by Crippen LogP contribution is -2.12. The molecule has 1 aliphatic rings. The fourth-order valence-electron chi connectivity index (χ4n) is 2.58. The second-order valence-corrected chi connectivity index (χ2v) is 5.16. The number of aromatic carboxylic acids is 1. The molecular formula is C14H19NO2. The van der Waals surface area contributed by atoms with Gasteiger partial charge in [-0.05, 0) is 43.2 Å². The van der Waals surface area contributed by atoms with Crippen molar-refractivity contribution in [2.45, 2.75) is 45.4 Å². The molecule has 0 unspecified atom stereocenters. The molecule has 1 saturated carbocycles. The number of rotatable bonds is 2. The Morgan fingerprint density at radius 1 is 1.35 bits per heavy atom. The predicted octanol–water partition coefficient (Wildman–Crippen LogP) is 3.38. The number of hydrogen-bond acceptors (Lipinski definition) is 2. The van der Waals surface area contributed by atoms with Crippen molar-refractivity contribution in [1.82, 2.24) is 4.98 Å².